The topological polar surface area (TPSA) is 135 Å². The van der Waals surface area contributed by atoms with E-state index in [-0.39, 0.29) is 17.4 Å². The number of nitrogens with one attached hydrogen (secondary N) is 1. The molecule has 1 aliphatic heterocycles. The smallest absolute Gasteiger partial charge is 0.264 e. The highest BCUT2D eigenvalue weighted by atomic mass is 79.9. The van der Waals surface area contributed by atoms with Crippen LogP contribution in [0.25, 0.3) is 6.08 Å². The molecule has 1 heterocycles. The second kappa shape index (κ2) is 8.79. The van der Waals surface area contributed by atoms with Crippen LogP contribution in [0.15, 0.2) is 61.7 Å². The van der Waals surface area contributed by atoms with Crippen molar-refractivity contribution in [3.05, 3.63) is 57.4 Å². The summed E-state index contributed by atoms with van der Waals surface area (Å²) in [6, 6.07) is 12.8. The highest BCUT2D eigenvalue weighted by molar-refractivity contribution is 9.10. The Kier molecular flexibility index (Phi) is 6.39. The predicted octanol–water partition coefficient (Wildman–Crippen LogP) is 2.89. The van der Waals surface area contributed by atoms with E-state index in [2.05, 4.69) is 26.2 Å². The molecule has 0 saturated carbocycles. The first-order chi connectivity index (χ1) is 13.8. The fraction of sp³-hybridized carbons (Fsp3) is 0.0556. The van der Waals surface area contributed by atoms with Crippen molar-refractivity contribution in [2.75, 3.05) is 6.61 Å². The number of amides is 1. The summed E-state index contributed by atoms with van der Waals surface area (Å²) >= 11 is 4.50. The maximum Gasteiger partial charge on any atom is 0.264 e. The number of sulfonamides is 1. The highest BCUT2D eigenvalue weighted by Gasteiger charge is 2.24. The number of carbonyl (C=O) groups excluding carboxylic acids is 1. The molecule has 1 amide bonds. The molecule has 0 unspecified atom stereocenters. The Labute approximate surface area is 179 Å². The van der Waals surface area contributed by atoms with E-state index in [1.165, 1.54) is 24.3 Å². The fourth-order valence-electron chi connectivity index (χ4n) is 2.32. The van der Waals surface area contributed by atoms with Gasteiger partial charge in [0.2, 0.25) is 10.0 Å². The predicted molar refractivity (Wildman–Crippen MR) is 114 cm³/mol. The average Bonchev–Trinajstić information content (AvgIpc) is 3.00. The minimum absolute atomic E-state index is 0.0234. The number of amidine groups is 1. The molecule has 0 atom stereocenters. The molecule has 2 aromatic rings. The first-order valence-electron chi connectivity index (χ1n) is 7.98. The van der Waals surface area contributed by atoms with Crippen molar-refractivity contribution >= 4 is 60.6 Å². The van der Waals surface area contributed by atoms with Gasteiger partial charge >= 0.3 is 0 Å². The number of ether oxygens (including phenoxy) is 1. The first-order valence-corrected chi connectivity index (χ1v) is 11.1. The largest absolute Gasteiger partial charge is 0.478 e. The fourth-order valence-corrected chi connectivity index (χ4v) is 4.05. The van der Waals surface area contributed by atoms with Crippen molar-refractivity contribution in [2.45, 2.75) is 4.90 Å². The van der Waals surface area contributed by atoms with Crippen molar-refractivity contribution in [2.24, 2.45) is 10.1 Å². The van der Waals surface area contributed by atoms with Crippen LogP contribution in [0.2, 0.25) is 0 Å². The van der Waals surface area contributed by atoms with E-state index in [9.17, 15) is 13.2 Å². The van der Waals surface area contributed by atoms with E-state index in [4.69, 9.17) is 15.1 Å². The number of hydrogen-bond donors (Lipinski definition) is 2. The van der Waals surface area contributed by atoms with Gasteiger partial charge in [-0.3, -0.25) is 4.79 Å². The lowest BCUT2D eigenvalue weighted by molar-refractivity contribution is -0.115. The van der Waals surface area contributed by atoms with Gasteiger partial charge in [-0.05, 0) is 60.3 Å². The number of aliphatic imine (C=N–C) groups is 1. The molecular formula is C18H13BrN4O4S2. The molecule has 1 saturated heterocycles. The molecule has 0 aromatic heterocycles. The van der Waals surface area contributed by atoms with Crippen molar-refractivity contribution < 1.29 is 17.9 Å². The van der Waals surface area contributed by atoms with E-state index in [0.29, 0.717) is 27.1 Å². The third-order valence-corrected chi connectivity index (χ3v) is 5.93. The summed E-state index contributed by atoms with van der Waals surface area (Å²) in [5.74, 6) is 0.140. The standard InChI is InChI=1S/C18H13BrN4O4S2/c19-12-1-6-15(27-8-7-20)11(9-12)10-16-17(24)23-18(28-16)22-13-2-4-14(5-3-13)29(21,25)26/h1-6,9-10H,8H2,(H2,21,25,26)(H,22,23,24)/b16-10-. The summed E-state index contributed by atoms with van der Waals surface area (Å²) in [4.78, 5) is 17.0. The number of rotatable bonds is 5. The van der Waals surface area contributed by atoms with E-state index in [1.807, 2.05) is 6.07 Å². The zero-order valence-corrected chi connectivity index (χ0v) is 17.8. The number of halogens is 1. The minimum Gasteiger partial charge on any atom is -0.478 e. The van der Waals surface area contributed by atoms with E-state index in [0.717, 1.165) is 16.2 Å². The number of hydrogen-bond acceptors (Lipinski definition) is 7. The molecule has 0 spiro atoms. The molecule has 148 valence electrons. The molecule has 8 nitrogen and oxygen atoms in total. The lowest BCUT2D eigenvalue weighted by Gasteiger charge is -2.07. The van der Waals surface area contributed by atoms with Gasteiger partial charge in [-0.1, -0.05) is 15.9 Å². The van der Waals surface area contributed by atoms with Gasteiger partial charge in [0.1, 0.15) is 11.8 Å². The van der Waals surface area contributed by atoms with Crippen LogP contribution in [0.4, 0.5) is 5.69 Å². The Morgan fingerprint density at radius 2 is 2.00 bits per heavy atom. The number of thioether (sulfide) groups is 1. The van der Waals surface area contributed by atoms with Gasteiger partial charge in [0.15, 0.2) is 11.8 Å². The Morgan fingerprint density at radius 1 is 1.28 bits per heavy atom. The Morgan fingerprint density at radius 3 is 2.66 bits per heavy atom. The summed E-state index contributed by atoms with van der Waals surface area (Å²) in [5, 5.41) is 16.8. The maximum absolute atomic E-state index is 12.3. The molecule has 0 aliphatic carbocycles. The third kappa shape index (κ3) is 5.45. The molecule has 29 heavy (non-hydrogen) atoms. The van der Waals surface area contributed by atoms with Crippen molar-refractivity contribution in [3.8, 4) is 11.8 Å². The number of nitrogens with two attached hydrogens (primary N) is 1. The van der Waals surface area contributed by atoms with Crippen LogP contribution < -0.4 is 15.2 Å². The van der Waals surface area contributed by atoms with Crippen LogP contribution in [0.5, 0.6) is 5.75 Å². The second-order valence-corrected chi connectivity index (χ2v) is 9.16. The molecular weight excluding hydrogens is 480 g/mol. The molecule has 1 fully saturated rings. The monoisotopic (exact) mass is 492 g/mol. The summed E-state index contributed by atoms with van der Waals surface area (Å²) < 4.78 is 28.8. The van der Waals surface area contributed by atoms with Gasteiger partial charge < -0.3 is 10.1 Å². The lowest BCUT2D eigenvalue weighted by Crippen LogP contribution is -2.19. The summed E-state index contributed by atoms with van der Waals surface area (Å²) in [6.07, 6.45) is 1.64. The zero-order valence-electron chi connectivity index (χ0n) is 14.6. The lowest BCUT2D eigenvalue weighted by atomic mass is 10.2. The highest BCUT2D eigenvalue weighted by Crippen LogP contribution is 2.32. The number of carbonyl (C=O) groups is 1. The number of benzene rings is 2. The molecule has 11 heteroatoms. The molecule has 3 N–H and O–H groups in total. The Balaban J connectivity index is 1.84. The molecule has 1 aliphatic rings. The third-order valence-electron chi connectivity index (χ3n) is 3.60. The minimum atomic E-state index is -3.78. The maximum atomic E-state index is 12.3. The number of primary sulfonamides is 1. The molecule has 3 rings (SSSR count). The van der Waals surface area contributed by atoms with Gasteiger partial charge in [0.25, 0.3) is 5.91 Å². The van der Waals surface area contributed by atoms with E-state index in [1.54, 1.807) is 24.3 Å². The summed E-state index contributed by atoms with van der Waals surface area (Å²) in [6.45, 7) is -0.113. The van der Waals surface area contributed by atoms with Crippen molar-refractivity contribution in [3.63, 3.8) is 0 Å². The Hall–Kier alpha value is -2.65. The van der Waals surface area contributed by atoms with Crippen LogP contribution in [-0.4, -0.2) is 26.1 Å². The van der Waals surface area contributed by atoms with Crippen LogP contribution in [0.3, 0.4) is 0 Å². The van der Waals surface area contributed by atoms with E-state index >= 15 is 0 Å². The summed E-state index contributed by atoms with van der Waals surface area (Å²) in [5.41, 5.74) is 1.09. The van der Waals surface area contributed by atoms with Gasteiger partial charge in [0, 0.05) is 10.0 Å². The van der Waals surface area contributed by atoms with Crippen molar-refractivity contribution in [1.82, 2.24) is 5.32 Å². The van der Waals surface area contributed by atoms with E-state index < -0.39 is 10.0 Å². The van der Waals surface area contributed by atoms with Crippen LogP contribution >= 0.6 is 27.7 Å². The van der Waals surface area contributed by atoms with Crippen LogP contribution in [0, 0.1) is 11.3 Å². The van der Waals surface area contributed by atoms with Crippen LogP contribution in [0.1, 0.15) is 5.56 Å². The number of nitrogens with zero attached hydrogens (tertiary/aromatic N) is 2. The van der Waals surface area contributed by atoms with Gasteiger partial charge in [-0.25, -0.2) is 18.5 Å². The quantitative estimate of drug-likeness (QED) is 0.615. The zero-order chi connectivity index (χ0) is 21.0. The van der Waals surface area contributed by atoms with Gasteiger partial charge in [0.05, 0.1) is 15.5 Å². The SMILES string of the molecule is N#CCOc1ccc(Br)cc1/C=C1\SC(=Nc2ccc(S(N)(=O)=O)cc2)NC1=O. The average molecular weight is 493 g/mol. The Bertz CT molecular complexity index is 1170. The normalized spacial score (nSPS) is 16.7. The second-order valence-electron chi connectivity index (χ2n) is 5.65. The molecule has 2 aromatic carbocycles. The molecule has 0 radical (unpaired) electrons. The van der Waals surface area contributed by atoms with Gasteiger partial charge in [-0.15, -0.1) is 0 Å². The summed E-state index contributed by atoms with van der Waals surface area (Å²) in [7, 11) is -3.78. The number of nitriles is 1. The van der Waals surface area contributed by atoms with Crippen LogP contribution in [-0.2, 0) is 14.8 Å². The van der Waals surface area contributed by atoms with Crippen molar-refractivity contribution in [1.29, 1.82) is 5.26 Å². The van der Waals surface area contributed by atoms with Gasteiger partial charge in [-0.2, -0.15) is 5.26 Å². The first kappa shape index (κ1) is 21.1. The molecule has 0 bridgehead atoms.